The Labute approximate surface area is 195 Å². The average Bonchev–Trinajstić information content (AvgIpc) is 3.49. The van der Waals surface area contributed by atoms with Gasteiger partial charge in [0.25, 0.3) is 5.91 Å². The zero-order valence-corrected chi connectivity index (χ0v) is 18.2. The van der Waals surface area contributed by atoms with E-state index in [4.69, 9.17) is 9.26 Å². The van der Waals surface area contributed by atoms with Crippen molar-refractivity contribution in [1.29, 1.82) is 0 Å². The van der Waals surface area contributed by atoms with Crippen LogP contribution < -0.4 is 10.2 Å². The summed E-state index contributed by atoms with van der Waals surface area (Å²) in [6, 6.07) is 21.4. The van der Waals surface area contributed by atoms with E-state index >= 15 is 0 Å². The molecule has 2 amide bonds. The minimum atomic E-state index is -0.639. The lowest BCUT2D eigenvalue weighted by molar-refractivity contribution is -0.119. The van der Waals surface area contributed by atoms with Crippen LogP contribution in [-0.4, -0.2) is 36.1 Å². The van der Waals surface area contributed by atoms with Crippen LogP contribution in [0.2, 0.25) is 0 Å². The number of amides is 2. The molecule has 1 N–H and O–H groups in total. The van der Waals surface area contributed by atoms with Gasteiger partial charge in [-0.3, -0.25) is 9.59 Å². The Bertz CT molecular complexity index is 1380. The number of hydrogen-bond donors (Lipinski definition) is 1. The maximum absolute atomic E-state index is 12.6. The number of anilines is 2. The summed E-state index contributed by atoms with van der Waals surface area (Å²) in [6.07, 6.45) is 1.27. The second-order valence-electron chi connectivity index (χ2n) is 7.90. The van der Waals surface area contributed by atoms with Crippen molar-refractivity contribution in [3.8, 4) is 11.3 Å². The van der Waals surface area contributed by atoms with Crippen molar-refractivity contribution in [3.05, 3.63) is 78.4 Å². The quantitative estimate of drug-likeness (QED) is 0.432. The molecular weight excluding hydrogens is 434 g/mol. The van der Waals surface area contributed by atoms with Gasteiger partial charge in [-0.05, 0) is 36.8 Å². The van der Waals surface area contributed by atoms with E-state index in [1.807, 2.05) is 30.3 Å². The van der Waals surface area contributed by atoms with E-state index in [1.54, 1.807) is 47.4 Å². The van der Waals surface area contributed by atoms with Crippen LogP contribution in [0.25, 0.3) is 22.2 Å². The van der Waals surface area contributed by atoms with Gasteiger partial charge < -0.3 is 19.5 Å². The number of nitrogens with zero attached hydrogens (tertiary/aromatic N) is 2. The van der Waals surface area contributed by atoms with Gasteiger partial charge in [-0.25, -0.2) is 4.79 Å². The SMILES string of the molecule is O=C(COC(=O)c1ccc2noc(-c3ccccc3)c2c1)Nc1ccccc1N1CCCC1=O. The Morgan fingerprint density at radius 3 is 2.62 bits per heavy atom. The molecule has 2 heterocycles. The molecule has 0 bridgehead atoms. The number of aromatic nitrogens is 1. The first-order chi connectivity index (χ1) is 16.6. The molecule has 34 heavy (non-hydrogen) atoms. The molecule has 4 aromatic rings. The second kappa shape index (κ2) is 9.19. The minimum Gasteiger partial charge on any atom is -0.452 e. The summed E-state index contributed by atoms with van der Waals surface area (Å²) in [5.41, 5.74) is 2.86. The van der Waals surface area contributed by atoms with E-state index in [-0.39, 0.29) is 11.5 Å². The lowest BCUT2D eigenvalue weighted by atomic mass is 10.1. The molecule has 1 aromatic heterocycles. The number of carbonyl (C=O) groups excluding carboxylic acids is 3. The second-order valence-corrected chi connectivity index (χ2v) is 7.90. The number of carbonyl (C=O) groups is 3. The average molecular weight is 455 g/mol. The van der Waals surface area contributed by atoms with E-state index in [1.165, 1.54) is 0 Å². The van der Waals surface area contributed by atoms with Gasteiger partial charge in [0.15, 0.2) is 12.4 Å². The summed E-state index contributed by atoms with van der Waals surface area (Å²) >= 11 is 0. The predicted octanol–water partition coefficient (Wildman–Crippen LogP) is 4.42. The number of benzene rings is 3. The fourth-order valence-corrected chi connectivity index (χ4v) is 3.98. The van der Waals surface area contributed by atoms with E-state index in [0.29, 0.717) is 41.0 Å². The van der Waals surface area contributed by atoms with Gasteiger partial charge in [0.1, 0.15) is 5.52 Å². The molecule has 0 aliphatic carbocycles. The summed E-state index contributed by atoms with van der Waals surface area (Å²) in [4.78, 5) is 38.9. The smallest absolute Gasteiger partial charge is 0.338 e. The highest BCUT2D eigenvalue weighted by atomic mass is 16.5. The zero-order chi connectivity index (χ0) is 23.5. The Kier molecular flexibility index (Phi) is 5.78. The van der Waals surface area contributed by atoms with Gasteiger partial charge in [-0.15, -0.1) is 0 Å². The van der Waals surface area contributed by atoms with E-state index < -0.39 is 18.5 Å². The maximum atomic E-state index is 12.6. The van der Waals surface area contributed by atoms with E-state index in [0.717, 1.165) is 12.0 Å². The third kappa shape index (κ3) is 4.25. The fraction of sp³-hybridized carbons (Fsp3) is 0.154. The van der Waals surface area contributed by atoms with Gasteiger partial charge in [-0.1, -0.05) is 47.6 Å². The van der Waals surface area contributed by atoms with Gasteiger partial charge in [0.05, 0.1) is 22.3 Å². The number of para-hydroxylation sites is 2. The third-order valence-corrected chi connectivity index (χ3v) is 5.62. The van der Waals surface area contributed by atoms with Gasteiger partial charge in [0.2, 0.25) is 5.91 Å². The number of rotatable bonds is 6. The topological polar surface area (TPSA) is 102 Å². The van der Waals surface area contributed by atoms with Crippen molar-refractivity contribution >= 4 is 40.1 Å². The van der Waals surface area contributed by atoms with Crippen LogP contribution >= 0.6 is 0 Å². The first kappa shape index (κ1) is 21.4. The minimum absolute atomic E-state index is 0.0205. The molecule has 1 aliphatic heterocycles. The van der Waals surface area contributed by atoms with Crippen LogP contribution in [0, 0.1) is 0 Å². The molecule has 3 aromatic carbocycles. The van der Waals surface area contributed by atoms with Crippen molar-refractivity contribution in [3.63, 3.8) is 0 Å². The Hall–Kier alpha value is -4.46. The van der Waals surface area contributed by atoms with Crippen LogP contribution in [0.3, 0.4) is 0 Å². The molecule has 0 saturated carbocycles. The molecule has 0 spiro atoms. The van der Waals surface area contributed by atoms with Gasteiger partial charge in [0, 0.05) is 18.5 Å². The third-order valence-electron chi connectivity index (χ3n) is 5.62. The van der Waals surface area contributed by atoms with Gasteiger partial charge in [-0.2, -0.15) is 0 Å². The van der Waals surface area contributed by atoms with Crippen LogP contribution in [0.1, 0.15) is 23.2 Å². The summed E-state index contributed by atoms with van der Waals surface area (Å²) in [6.45, 7) is 0.144. The largest absolute Gasteiger partial charge is 0.452 e. The molecule has 8 nitrogen and oxygen atoms in total. The monoisotopic (exact) mass is 455 g/mol. The van der Waals surface area contributed by atoms with E-state index in [2.05, 4.69) is 10.5 Å². The number of esters is 1. The highest BCUT2D eigenvalue weighted by molar-refractivity contribution is 6.03. The van der Waals surface area contributed by atoms with E-state index in [9.17, 15) is 14.4 Å². The summed E-state index contributed by atoms with van der Waals surface area (Å²) < 4.78 is 10.7. The van der Waals surface area contributed by atoms with Gasteiger partial charge >= 0.3 is 5.97 Å². The lowest BCUT2D eigenvalue weighted by Gasteiger charge is -2.19. The van der Waals surface area contributed by atoms with Crippen molar-refractivity contribution in [2.75, 3.05) is 23.4 Å². The molecule has 170 valence electrons. The molecule has 0 radical (unpaired) electrons. The Balaban J connectivity index is 1.27. The lowest BCUT2D eigenvalue weighted by Crippen LogP contribution is -2.27. The Morgan fingerprint density at radius 2 is 1.82 bits per heavy atom. The standard InChI is InChI=1S/C26H21N3O5/c30-23(27-21-9-4-5-10-22(21)29-14-6-11-24(29)31)16-33-26(32)18-12-13-20-19(15-18)25(34-28-20)17-7-2-1-3-8-17/h1-5,7-10,12-13,15H,6,11,14,16H2,(H,27,30). The summed E-state index contributed by atoms with van der Waals surface area (Å²) in [7, 11) is 0. The van der Waals surface area contributed by atoms with Crippen molar-refractivity contribution < 1.29 is 23.6 Å². The normalized spacial score (nSPS) is 13.3. The molecule has 1 aliphatic rings. The first-order valence-corrected chi connectivity index (χ1v) is 10.9. The van der Waals surface area contributed by atoms with Crippen molar-refractivity contribution in [2.45, 2.75) is 12.8 Å². The molecular formula is C26H21N3O5. The Morgan fingerprint density at radius 1 is 1.03 bits per heavy atom. The first-order valence-electron chi connectivity index (χ1n) is 10.9. The molecule has 5 rings (SSSR count). The molecule has 8 heteroatoms. The van der Waals surface area contributed by atoms with Crippen LogP contribution in [0.5, 0.6) is 0 Å². The number of hydrogen-bond acceptors (Lipinski definition) is 6. The number of nitrogens with one attached hydrogen (secondary N) is 1. The van der Waals surface area contributed by atoms with Crippen molar-refractivity contribution in [1.82, 2.24) is 5.16 Å². The number of fused-ring (bicyclic) bond motifs is 1. The highest BCUT2D eigenvalue weighted by Gasteiger charge is 2.24. The maximum Gasteiger partial charge on any atom is 0.338 e. The summed E-state index contributed by atoms with van der Waals surface area (Å²) in [5, 5.41) is 7.45. The van der Waals surface area contributed by atoms with Crippen molar-refractivity contribution in [2.24, 2.45) is 0 Å². The molecule has 0 atom stereocenters. The fourth-order valence-electron chi connectivity index (χ4n) is 3.98. The van der Waals surface area contributed by atoms with Crippen LogP contribution in [-0.2, 0) is 14.3 Å². The summed E-state index contributed by atoms with van der Waals surface area (Å²) in [5.74, 6) is -0.563. The predicted molar refractivity (Wildman–Crippen MR) is 126 cm³/mol. The van der Waals surface area contributed by atoms with Crippen LogP contribution in [0.4, 0.5) is 11.4 Å². The molecule has 0 unspecified atom stereocenters. The molecule has 1 saturated heterocycles. The highest BCUT2D eigenvalue weighted by Crippen LogP contribution is 2.30. The zero-order valence-electron chi connectivity index (χ0n) is 18.2. The molecule has 1 fully saturated rings. The van der Waals surface area contributed by atoms with Crippen LogP contribution in [0.15, 0.2) is 77.3 Å². The number of ether oxygens (including phenoxy) is 1.